The lowest BCUT2D eigenvalue weighted by molar-refractivity contribution is -0.136. The quantitative estimate of drug-likeness (QED) is 0.740. The third kappa shape index (κ3) is 4.21. The summed E-state index contributed by atoms with van der Waals surface area (Å²) >= 11 is 1.28. The molecular weight excluding hydrogens is 398 g/mol. The largest absolute Gasteiger partial charge is 0.340 e. The van der Waals surface area contributed by atoms with Crippen molar-refractivity contribution in [1.29, 1.82) is 0 Å². The van der Waals surface area contributed by atoms with Crippen LogP contribution in [0.25, 0.3) is 0 Å². The van der Waals surface area contributed by atoms with Gasteiger partial charge in [0.05, 0.1) is 11.6 Å². The Bertz CT molecular complexity index is 1010. The molecule has 0 bridgehead atoms. The van der Waals surface area contributed by atoms with Crippen molar-refractivity contribution < 1.29 is 14.4 Å². The number of likely N-dealkylation sites (tertiary alicyclic amines) is 1. The van der Waals surface area contributed by atoms with Crippen molar-refractivity contribution >= 4 is 40.9 Å². The Balaban J connectivity index is 1.43. The molecular formula is C23H25N3O3S. The minimum atomic E-state index is -0.819. The molecule has 2 aromatic carbocycles. The smallest absolute Gasteiger partial charge is 0.247 e. The van der Waals surface area contributed by atoms with E-state index in [-0.39, 0.29) is 23.6 Å². The summed E-state index contributed by atoms with van der Waals surface area (Å²) in [6.45, 7) is 4.85. The van der Waals surface area contributed by atoms with Crippen molar-refractivity contribution in [2.24, 2.45) is 5.92 Å². The number of rotatable bonds is 3. The molecule has 0 saturated carbocycles. The molecule has 2 heterocycles. The van der Waals surface area contributed by atoms with E-state index in [1.807, 2.05) is 56.3 Å². The average Bonchev–Trinajstić information content (AvgIpc) is 2.75. The number of anilines is 2. The van der Waals surface area contributed by atoms with Gasteiger partial charge in [-0.05, 0) is 56.0 Å². The summed E-state index contributed by atoms with van der Waals surface area (Å²) in [7, 11) is 0. The first kappa shape index (κ1) is 20.5. The van der Waals surface area contributed by atoms with E-state index < -0.39 is 5.25 Å². The first-order chi connectivity index (χ1) is 14.4. The number of aryl methyl sites for hydroxylation is 2. The third-order valence-corrected chi connectivity index (χ3v) is 6.87. The number of hydrogen-bond acceptors (Lipinski definition) is 4. The molecule has 1 saturated heterocycles. The van der Waals surface area contributed by atoms with Crippen LogP contribution in [0.1, 0.15) is 24.0 Å². The summed E-state index contributed by atoms with van der Waals surface area (Å²) in [5, 5.41) is 5.02. The fourth-order valence-electron chi connectivity index (χ4n) is 3.88. The Morgan fingerprint density at radius 2 is 1.97 bits per heavy atom. The number of hydrogen-bond donors (Lipinski definition) is 2. The molecule has 2 atom stereocenters. The molecule has 30 heavy (non-hydrogen) atoms. The van der Waals surface area contributed by atoms with E-state index in [9.17, 15) is 14.4 Å². The second-order valence-electron chi connectivity index (χ2n) is 7.91. The third-order valence-electron chi connectivity index (χ3n) is 5.61. The Morgan fingerprint density at radius 1 is 1.17 bits per heavy atom. The zero-order chi connectivity index (χ0) is 21.3. The molecule has 2 N–H and O–H groups in total. The highest BCUT2D eigenvalue weighted by molar-refractivity contribution is 8.01. The lowest BCUT2D eigenvalue weighted by Gasteiger charge is -2.35. The second-order valence-corrected chi connectivity index (χ2v) is 9.06. The maximum Gasteiger partial charge on any atom is 0.247 e. The van der Waals surface area contributed by atoms with E-state index in [0.29, 0.717) is 13.1 Å². The molecule has 0 spiro atoms. The molecule has 0 unspecified atom stereocenters. The van der Waals surface area contributed by atoms with Crippen LogP contribution in [0.5, 0.6) is 0 Å². The maximum atomic E-state index is 13.1. The van der Waals surface area contributed by atoms with E-state index in [1.165, 1.54) is 11.8 Å². The Morgan fingerprint density at radius 3 is 2.80 bits per heavy atom. The summed E-state index contributed by atoms with van der Waals surface area (Å²) in [6.07, 6.45) is 1.47. The van der Waals surface area contributed by atoms with Crippen LogP contribution in [0.15, 0.2) is 47.4 Å². The van der Waals surface area contributed by atoms with Gasteiger partial charge in [-0.25, -0.2) is 0 Å². The van der Waals surface area contributed by atoms with Gasteiger partial charge in [-0.3, -0.25) is 14.4 Å². The number of para-hydroxylation sites is 1. The van der Waals surface area contributed by atoms with Crippen LogP contribution in [0.3, 0.4) is 0 Å². The van der Waals surface area contributed by atoms with Crippen molar-refractivity contribution in [2.45, 2.75) is 36.8 Å². The number of piperidine rings is 1. The van der Waals surface area contributed by atoms with Crippen molar-refractivity contribution in [3.8, 4) is 0 Å². The SMILES string of the molecule is Cc1ccc(C)c(NC(=O)[C@@H]2CCCN(C(=O)[C@@H]3Sc4ccccc4NC3=O)C2)c1. The fourth-order valence-corrected chi connectivity index (χ4v) is 4.95. The molecule has 2 aromatic rings. The van der Waals surface area contributed by atoms with Gasteiger partial charge in [-0.15, -0.1) is 11.8 Å². The molecule has 0 aromatic heterocycles. The molecule has 3 amide bonds. The van der Waals surface area contributed by atoms with Crippen molar-refractivity contribution in [3.05, 3.63) is 53.6 Å². The van der Waals surface area contributed by atoms with Crippen LogP contribution in [0, 0.1) is 19.8 Å². The van der Waals surface area contributed by atoms with E-state index >= 15 is 0 Å². The van der Waals surface area contributed by atoms with Crippen molar-refractivity contribution in [3.63, 3.8) is 0 Å². The van der Waals surface area contributed by atoms with Gasteiger partial charge in [0.25, 0.3) is 0 Å². The lowest BCUT2D eigenvalue weighted by Crippen LogP contribution is -2.50. The summed E-state index contributed by atoms with van der Waals surface area (Å²) in [4.78, 5) is 41.0. The van der Waals surface area contributed by atoms with Gasteiger partial charge in [0.15, 0.2) is 5.25 Å². The lowest BCUT2D eigenvalue weighted by atomic mass is 9.96. The summed E-state index contributed by atoms with van der Waals surface area (Å²) in [5.74, 6) is -0.888. The molecule has 7 heteroatoms. The number of carbonyl (C=O) groups excluding carboxylic acids is 3. The summed E-state index contributed by atoms with van der Waals surface area (Å²) < 4.78 is 0. The monoisotopic (exact) mass is 423 g/mol. The van der Waals surface area contributed by atoms with Gasteiger partial charge in [-0.1, -0.05) is 24.3 Å². The van der Waals surface area contributed by atoms with Crippen LogP contribution < -0.4 is 10.6 Å². The molecule has 1 fully saturated rings. The zero-order valence-electron chi connectivity index (χ0n) is 17.1. The molecule has 4 rings (SSSR count). The molecule has 2 aliphatic heterocycles. The van der Waals surface area contributed by atoms with E-state index in [1.54, 1.807) is 4.90 Å². The van der Waals surface area contributed by atoms with Gasteiger partial charge >= 0.3 is 0 Å². The minimum Gasteiger partial charge on any atom is -0.340 e. The van der Waals surface area contributed by atoms with Gasteiger partial charge in [0, 0.05) is 23.7 Å². The highest BCUT2D eigenvalue weighted by atomic mass is 32.2. The molecule has 0 radical (unpaired) electrons. The predicted molar refractivity (Wildman–Crippen MR) is 119 cm³/mol. The van der Waals surface area contributed by atoms with Crippen LogP contribution in [-0.2, 0) is 14.4 Å². The van der Waals surface area contributed by atoms with Gasteiger partial charge < -0.3 is 15.5 Å². The molecule has 6 nitrogen and oxygen atoms in total. The Labute approximate surface area is 180 Å². The van der Waals surface area contributed by atoms with Crippen LogP contribution in [0.4, 0.5) is 11.4 Å². The number of amides is 3. The van der Waals surface area contributed by atoms with Crippen LogP contribution >= 0.6 is 11.8 Å². The van der Waals surface area contributed by atoms with Crippen molar-refractivity contribution in [2.75, 3.05) is 23.7 Å². The van der Waals surface area contributed by atoms with Crippen LogP contribution in [0.2, 0.25) is 0 Å². The van der Waals surface area contributed by atoms with Gasteiger partial charge in [0.1, 0.15) is 0 Å². The Hall–Kier alpha value is -2.80. The predicted octanol–water partition coefficient (Wildman–Crippen LogP) is 3.59. The van der Waals surface area contributed by atoms with Gasteiger partial charge in [0.2, 0.25) is 17.7 Å². The zero-order valence-corrected chi connectivity index (χ0v) is 17.9. The van der Waals surface area contributed by atoms with E-state index in [0.717, 1.165) is 40.2 Å². The van der Waals surface area contributed by atoms with E-state index in [4.69, 9.17) is 0 Å². The van der Waals surface area contributed by atoms with E-state index in [2.05, 4.69) is 10.6 Å². The molecule has 0 aliphatic carbocycles. The number of carbonyl (C=O) groups is 3. The minimum absolute atomic E-state index is 0.0766. The topological polar surface area (TPSA) is 78.5 Å². The first-order valence-electron chi connectivity index (χ1n) is 10.2. The fraction of sp³-hybridized carbons (Fsp3) is 0.348. The summed E-state index contributed by atoms with van der Waals surface area (Å²) in [5.41, 5.74) is 3.63. The first-order valence-corrected chi connectivity index (χ1v) is 11.0. The second kappa shape index (κ2) is 8.52. The number of nitrogens with one attached hydrogen (secondary N) is 2. The molecule has 2 aliphatic rings. The van der Waals surface area contributed by atoms with Crippen LogP contribution in [-0.4, -0.2) is 41.0 Å². The summed E-state index contributed by atoms with van der Waals surface area (Å²) in [6, 6.07) is 13.4. The van der Waals surface area contributed by atoms with Gasteiger partial charge in [-0.2, -0.15) is 0 Å². The number of fused-ring (bicyclic) bond motifs is 1. The van der Waals surface area contributed by atoms with Crippen molar-refractivity contribution in [1.82, 2.24) is 4.90 Å². The molecule has 156 valence electrons. The average molecular weight is 424 g/mol. The number of benzene rings is 2. The number of thioether (sulfide) groups is 1. The highest BCUT2D eigenvalue weighted by Crippen LogP contribution is 2.36. The number of nitrogens with zero attached hydrogens (tertiary/aromatic N) is 1. The highest BCUT2D eigenvalue weighted by Gasteiger charge is 2.38. The maximum absolute atomic E-state index is 13.1. The normalized spacial score (nSPS) is 20.9. The standard InChI is InChI=1S/C23H25N3O3S/c1-14-9-10-15(2)18(12-14)25-21(27)16-6-5-11-26(13-16)23(29)20-22(28)24-17-7-3-4-8-19(17)30-20/h3-4,7-10,12,16,20H,5-6,11,13H2,1-2H3,(H,24,28)(H,25,27)/t16-,20-/m1/s1. The Kier molecular flexibility index (Phi) is 5.81.